The first-order chi connectivity index (χ1) is 9.45. The summed E-state index contributed by atoms with van der Waals surface area (Å²) < 4.78 is 2.79. The van der Waals surface area contributed by atoms with Gasteiger partial charge in [0.15, 0.2) is 0 Å². The Balaban J connectivity index is 1.86. The van der Waals surface area contributed by atoms with Crippen LogP contribution in [0, 0.1) is 0 Å². The molecular formula is C11H13Cl2N5OS. The van der Waals surface area contributed by atoms with Crippen molar-refractivity contribution in [1.29, 1.82) is 0 Å². The third-order valence-corrected chi connectivity index (χ3v) is 4.12. The number of urea groups is 1. The SMILES string of the molecule is CN(Cc1cn(C)nn1)C(=O)NCc1cc(Cl)sc1Cl. The molecule has 0 unspecified atom stereocenters. The number of thiophene rings is 1. The third-order valence-electron chi connectivity index (χ3n) is 2.55. The summed E-state index contributed by atoms with van der Waals surface area (Å²) in [6, 6.07) is 1.53. The van der Waals surface area contributed by atoms with E-state index in [-0.39, 0.29) is 6.03 Å². The second-order valence-electron chi connectivity index (χ2n) is 4.25. The van der Waals surface area contributed by atoms with Gasteiger partial charge >= 0.3 is 6.03 Å². The van der Waals surface area contributed by atoms with Crippen LogP contribution in [0.15, 0.2) is 12.3 Å². The van der Waals surface area contributed by atoms with Gasteiger partial charge in [-0.15, -0.1) is 16.4 Å². The van der Waals surface area contributed by atoms with Gasteiger partial charge in [0.1, 0.15) is 5.69 Å². The van der Waals surface area contributed by atoms with Gasteiger partial charge in [0.2, 0.25) is 0 Å². The lowest BCUT2D eigenvalue weighted by atomic mass is 10.3. The van der Waals surface area contributed by atoms with Gasteiger partial charge in [0.05, 0.1) is 15.2 Å². The highest BCUT2D eigenvalue weighted by Crippen LogP contribution is 2.30. The Kier molecular flexibility index (Phi) is 4.85. The van der Waals surface area contributed by atoms with Crippen LogP contribution in [0.5, 0.6) is 0 Å². The molecule has 0 fully saturated rings. The Morgan fingerprint density at radius 2 is 2.30 bits per heavy atom. The van der Waals surface area contributed by atoms with Gasteiger partial charge in [-0.1, -0.05) is 28.4 Å². The predicted molar refractivity (Wildman–Crippen MR) is 79.0 cm³/mol. The number of nitrogens with zero attached hydrogens (tertiary/aromatic N) is 4. The van der Waals surface area contributed by atoms with Gasteiger partial charge in [-0.05, 0) is 6.07 Å². The second-order valence-corrected chi connectivity index (χ2v) is 6.53. The minimum atomic E-state index is -0.214. The van der Waals surface area contributed by atoms with E-state index in [4.69, 9.17) is 23.2 Å². The lowest BCUT2D eigenvalue weighted by Gasteiger charge is -2.16. The van der Waals surface area contributed by atoms with Crippen LogP contribution in [0.2, 0.25) is 8.67 Å². The maximum Gasteiger partial charge on any atom is 0.317 e. The Hall–Kier alpha value is -1.31. The summed E-state index contributed by atoms with van der Waals surface area (Å²) in [5, 5.41) is 10.5. The number of rotatable bonds is 4. The average Bonchev–Trinajstić information content (AvgIpc) is 2.92. The molecule has 6 nitrogen and oxygen atoms in total. The quantitative estimate of drug-likeness (QED) is 0.935. The van der Waals surface area contributed by atoms with Gasteiger partial charge < -0.3 is 10.2 Å². The number of aromatic nitrogens is 3. The van der Waals surface area contributed by atoms with Crippen LogP contribution in [0.1, 0.15) is 11.3 Å². The molecule has 0 aliphatic heterocycles. The van der Waals surface area contributed by atoms with E-state index in [9.17, 15) is 4.79 Å². The molecule has 2 rings (SSSR count). The summed E-state index contributed by atoms with van der Waals surface area (Å²) in [6.07, 6.45) is 1.76. The van der Waals surface area contributed by atoms with E-state index in [0.29, 0.717) is 21.8 Å². The van der Waals surface area contributed by atoms with E-state index >= 15 is 0 Å². The number of halogens is 2. The van der Waals surface area contributed by atoms with Crippen LogP contribution < -0.4 is 5.32 Å². The molecule has 0 radical (unpaired) electrons. The topological polar surface area (TPSA) is 63.1 Å². The zero-order valence-corrected chi connectivity index (χ0v) is 13.3. The van der Waals surface area contributed by atoms with Crippen molar-refractivity contribution >= 4 is 40.6 Å². The number of amides is 2. The maximum absolute atomic E-state index is 11.9. The molecule has 0 saturated carbocycles. The smallest absolute Gasteiger partial charge is 0.317 e. The summed E-state index contributed by atoms with van der Waals surface area (Å²) in [5.41, 5.74) is 1.53. The standard InChI is InChI=1S/C11H13Cl2N5OS/c1-17(5-8-6-18(2)16-15-8)11(19)14-4-7-3-9(12)20-10(7)13/h3,6H,4-5H2,1-2H3,(H,14,19). The van der Waals surface area contributed by atoms with Gasteiger partial charge in [-0.25, -0.2) is 4.79 Å². The van der Waals surface area contributed by atoms with Crippen molar-refractivity contribution in [2.75, 3.05) is 7.05 Å². The molecule has 2 aromatic rings. The second kappa shape index (κ2) is 6.43. The fourth-order valence-electron chi connectivity index (χ4n) is 1.58. The highest BCUT2D eigenvalue weighted by molar-refractivity contribution is 7.20. The highest BCUT2D eigenvalue weighted by atomic mass is 35.5. The Morgan fingerprint density at radius 3 is 2.85 bits per heavy atom. The normalized spacial score (nSPS) is 10.6. The summed E-state index contributed by atoms with van der Waals surface area (Å²) in [6.45, 7) is 0.726. The van der Waals surface area contributed by atoms with Crippen LogP contribution in [-0.4, -0.2) is 33.0 Å². The van der Waals surface area contributed by atoms with Crippen molar-refractivity contribution in [3.8, 4) is 0 Å². The number of hydrogen-bond donors (Lipinski definition) is 1. The molecule has 0 aromatic carbocycles. The summed E-state index contributed by atoms with van der Waals surface area (Å²) in [5.74, 6) is 0. The van der Waals surface area contributed by atoms with Crippen LogP contribution in [0.25, 0.3) is 0 Å². The number of carbonyl (C=O) groups excluding carboxylic acids is 1. The van der Waals surface area contributed by atoms with Gasteiger partial charge in [-0.3, -0.25) is 4.68 Å². The van der Waals surface area contributed by atoms with Crippen molar-refractivity contribution in [2.24, 2.45) is 7.05 Å². The molecule has 0 saturated heterocycles. The summed E-state index contributed by atoms with van der Waals surface area (Å²) >= 11 is 13.1. The van der Waals surface area contributed by atoms with Gasteiger partial charge in [0.25, 0.3) is 0 Å². The molecule has 0 aliphatic rings. The lowest BCUT2D eigenvalue weighted by molar-refractivity contribution is 0.206. The van der Waals surface area contributed by atoms with Crippen LogP contribution >= 0.6 is 34.5 Å². The highest BCUT2D eigenvalue weighted by Gasteiger charge is 2.12. The number of carbonyl (C=O) groups is 1. The average molecular weight is 334 g/mol. The van der Waals surface area contributed by atoms with E-state index in [1.165, 1.54) is 16.2 Å². The zero-order chi connectivity index (χ0) is 14.7. The molecule has 0 atom stereocenters. The minimum absolute atomic E-state index is 0.214. The zero-order valence-electron chi connectivity index (χ0n) is 10.9. The Labute approximate surface area is 130 Å². The number of hydrogen-bond acceptors (Lipinski definition) is 4. The van der Waals surface area contributed by atoms with Crippen LogP contribution in [0.4, 0.5) is 4.79 Å². The Bertz CT molecular complexity index is 612. The molecule has 0 bridgehead atoms. The van der Waals surface area contributed by atoms with Gasteiger partial charge in [0, 0.05) is 32.4 Å². The summed E-state index contributed by atoms with van der Waals surface area (Å²) in [7, 11) is 3.46. The minimum Gasteiger partial charge on any atom is -0.334 e. The molecule has 20 heavy (non-hydrogen) atoms. The molecule has 2 aromatic heterocycles. The molecule has 0 spiro atoms. The lowest BCUT2D eigenvalue weighted by Crippen LogP contribution is -2.36. The molecule has 2 amide bonds. The fraction of sp³-hybridized carbons (Fsp3) is 0.364. The monoisotopic (exact) mass is 333 g/mol. The number of aryl methyl sites for hydroxylation is 1. The number of nitrogens with one attached hydrogen (secondary N) is 1. The van der Waals surface area contributed by atoms with E-state index < -0.39 is 0 Å². The molecule has 2 heterocycles. The maximum atomic E-state index is 11.9. The van der Waals surface area contributed by atoms with Crippen molar-refractivity contribution < 1.29 is 4.79 Å². The van der Waals surface area contributed by atoms with E-state index in [1.807, 2.05) is 0 Å². The molecule has 0 aliphatic carbocycles. The predicted octanol–water partition coefficient (Wildman–Crippen LogP) is 2.53. The summed E-state index contributed by atoms with van der Waals surface area (Å²) in [4.78, 5) is 13.5. The van der Waals surface area contributed by atoms with Crippen molar-refractivity contribution in [2.45, 2.75) is 13.1 Å². The largest absolute Gasteiger partial charge is 0.334 e. The first-order valence-electron chi connectivity index (χ1n) is 5.73. The van der Waals surface area contributed by atoms with Gasteiger partial charge in [-0.2, -0.15) is 0 Å². The van der Waals surface area contributed by atoms with Crippen LogP contribution in [-0.2, 0) is 20.1 Å². The van der Waals surface area contributed by atoms with E-state index in [1.54, 1.807) is 31.0 Å². The first-order valence-corrected chi connectivity index (χ1v) is 7.31. The molecule has 9 heteroatoms. The molecule has 108 valence electrons. The van der Waals surface area contributed by atoms with Crippen molar-refractivity contribution in [3.05, 3.63) is 32.2 Å². The first kappa shape index (κ1) is 15.1. The fourth-order valence-corrected chi connectivity index (χ4v) is 3.07. The van der Waals surface area contributed by atoms with Crippen molar-refractivity contribution in [3.63, 3.8) is 0 Å². The van der Waals surface area contributed by atoms with Crippen LogP contribution in [0.3, 0.4) is 0 Å². The Morgan fingerprint density at radius 1 is 1.55 bits per heavy atom. The van der Waals surface area contributed by atoms with E-state index in [0.717, 1.165) is 11.3 Å². The third kappa shape index (κ3) is 3.84. The molecular weight excluding hydrogens is 321 g/mol. The van der Waals surface area contributed by atoms with Crippen molar-refractivity contribution in [1.82, 2.24) is 25.2 Å². The van der Waals surface area contributed by atoms with E-state index in [2.05, 4.69) is 15.6 Å². The molecule has 1 N–H and O–H groups in total.